The van der Waals surface area contributed by atoms with E-state index in [9.17, 15) is 4.79 Å². The molecular formula is C21H25N3O. The quantitative estimate of drug-likeness (QED) is 0.739. The Morgan fingerprint density at radius 2 is 1.96 bits per heavy atom. The van der Waals surface area contributed by atoms with Gasteiger partial charge in [0.2, 0.25) is 0 Å². The molecular weight excluding hydrogens is 310 g/mol. The van der Waals surface area contributed by atoms with Gasteiger partial charge in [-0.05, 0) is 44.0 Å². The number of para-hydroxylation sites is 2. The molecule has 4 nitrogen and oxygen atoms in total. The van der Waals surface area contributed by atoms with Gasteiger partial charge in [-0.3, -0.25) is 4.79 Å². The van der Waals surface area contributed by atoms with Gasteiger partial charge in [0, 0.05) is 25.1 Å². The molecule has 0 atom stereocenters. The number of hydrogen-bond acceptors (Lipinski definition) is 2. The molecule has 0 saturated carbocycles. The van der Waals surface area contributed by atoms with Gasteiger partial charge in [0.15, 0.2) is 0 Å². The van der Waals surface area contributed by atoms with E-state index in [1.807, 2.05) is 50.2 Å². The summed E-state index contributed by atoms with van der Waals surface area (Å²) < 4.78 is 2.26. The first kappa shape index (κ1) is 17.2. The third-order valence-electron chi connectivity index (χ3n) is 4.44. The van der Waals surface area contributed by atoms with Crippen molar-refractivity contribution >= 4 is 16.9 Å². The highest BCUT2D eigenvalue weighted by molar-refractivity contribution is 5.95. The monoisotopic (exact) mass is 335 g/mol. The van der Waals surface area contributed by atoms with Crippen molar-refractivity contribution in [3.63, 3.8) is 0 Å². The van der Waals surface area contributed by atoms with Crippen LogP contribution in [0.1, 0.15) is 40.7 Å². The Labute approximate surface area is 148 Å². The fraction of sp³-hybridized carbons (Fsp3) is 0.333. The zero-order valence-corrected chi connectivity index (χ0v) is 15.2. The number of carbonyl (C=O) groups is 1. The van der Waals surface area contributed by atoms with Gasteiger partial charge in [-0.25, -0.2) is 4.98 Å². The molecule has 0 aliphatic rings. The van der Waals surface area contributed by atoms with Crippen LogP contribution in [-0.4, -0.2) is 22.0 Å². The fourth-order valence-corrected chi connectivity index (χ4v) is 3.24. The summed E-state index contributed by atoms with van der Waals surface area (Å²) in [7, 11) is 0. The lowest BCUT2D eigenvalue weighted by Gasteiger charge is -2.10. The van der Waals surface area contributed by atoms with E-state index in [1.54, 1.807) is 0 Å². The third-order valence-corrected chi connectivity index (χ3v) is 4.44. The van der Waals surface area contributed by atoms with Gasteiger partial charge in [-0.1, -0.05) is 36.8 Å². The van der Waals surface area contributed by atoms with Crippen molar-refractivity contribution in [1.82, 2.24) is 14.9 Å². The molecule has 1 aromatic heterocycles. The molecule has 0 spiro atoms. The molecule has 130 valence electrons. The Kier molecular flexibility index (Phi) is 5.17. The maximum Gasteiger partial charge on any atom is 0.251 e. The minimum Gasteiger partial charge on any atom is -0.352 e. The summed E-state index contributed by atoms with van der Waals surface area (Å²) in [5.41, 5.74) is 5.11. The molecule has 1 heterocycles. The second-order valence-corrected chi connectivity index (χ2v) is 6.49. The van der Waals surface area contributed by atoms with Crippen molar-refractivity contribution in [2.75, 3.05) is 6.54 Å². The summed E-state index contributed by atoms with van der Waals surface area (Å²) in [5.74, 6) is 1.01. The number of aromatic nitrogens is 2. The first-order chi connectivity index (χ1) is 12.1. The first-order valence-corrected chi connectivity index (χ1v) is 8.89. The Morgan fingerprint density at radius 1 is 1.16 bits per heavy atom. The van der Waals surface area contributed by atoms with Crippen LogP contribution in [0.25, 0.3) is 11.0 Å². The van der Waals surface area contributed by atoms with Crippen molar-refractivity contribution in [3.05, 3.63) is 65.0 Å². The molecule has 0 aliphatic carbocycles. The van der Waals surface area contributed by atoms with Gasteiger partial charge in [0.05, 0.1) is 11.0 Å². The average Bonchev–Trinajstić information content (AvgIpc) is 2.93. The highest BCUT2D eigenvalue weighted by Crippen LogP contribution is 2.17. The lowest BCUT2D eigenvalue weighted by molar-refractivity contribution is 0.0953. The van der Waals surface area contributed by atoms with E-state index >= 15 is 0 Å². The van der Waals surface area contributed by atoms with Crippen LogP contribution in [0.3, 0.4) is 0 Å². The Bertz CT molecular complexity index is 895. The summed E-state index contributed by atoms with van der Waals surface area (Å²) in [4.78, 5) is 17.2. The SMILES string of the molecule is CCCn1c(CCNC(=O)c2ccc(C)cc2C)nc2ccccc21. The Morgan fingerprint density at radius 3 is 2.72 bits per heavy atom. The van der Waals surface area contributed by atoms with E-state index in [2.05, 4.69) is 22.9 Å². The van der Waals surface area contributed by atoms with E-state index in [0.717, 1.165) is 41.9 Å². The van der Waals surface area contributed by atoms with Crippen LogP contribution in [0.5, 0.6) is 0 Å². The van der Waals surface area contributed by atoms with Gasteiger partial charge in [-0.15, -0.1) is 0 Å². The summed E-state index contributed by atoms with van der Waals surface area (Å²) in [5, 5.41) is 3.03. The molecule has 0 saturated heterocycles. The highest BCUT2D eigenvalue weighted by atomic mass is 16.1. The topological polar surface area (TPSA) is 46.9 Å². The van der Waals surface area contributed by atoms with Crippen molar-refractivity contribution in [3.8, 4) is 0 Å². The summed E-state index contributed by atoms with van der Waals surface area (Å²) in [6.45, 7) is 7.70. The van der Waals surface area contributed by atoms with Gasteiger partial charge >= 0.3 is 0 Å². The van der Waals surface area contributed by atoms with E-state index in [4.69, 9.17) is 4.98 Å². The Hall–Kier alpha value is -2.62. The number of nitrogens with one attached hydrogen (secondary N) is 1. The van der Waals surface area contributed by atoms with E-state index in [1.165, 1.54) is 11.1 Å². The molecule has 0 fully saturated rings. The number of nitrogens with zero attached hydrogens (tertiary/aromatic N) is 2. The largest absolute Gasteiger partial charge is 0.352 e. The van der Waals surface area contributed by atoms with Gasteiger partial charge in [-0.2, -0.15) is 0 Å². The summed E-state index contributed by atoms with van der Waals surface area (Å²) in [6, 6.07) is 14.1. The summed E-state index contributed by atoms with van der Waals surface area (Å²) >= 11 is 0. The van der Waals surface area contributed by atoms with Crippen molar-refractivity contribution < 1.29 is 4.79 Å². The number of amides is 1. The zero-order chi connectivity index (χ0) is 17.8. The summed E-state index contributed by atoms with van der Waals surface area (Å²) in [6.07, 6.45) is 1.79. The standard InChI is InChI=1S/C21H25N3O/c1-4-13-24-19-8-6-5-7-18(19)23-20(24)11-12-22-21(25)17-10-9-15(2)14-16(17)3/h5-10,14H,4,11-13H2,1-3H3,(H,22,25). The molecule has 0 bridgehead atoms. The van der Waals surface area contributed by atoms with Crippen LogP contribution in [0.2, 0.25) is 0 Å². The minimum atomic E-state index is -0.0179. The second kappa shape index (κ2) is 7.51. The Balaban J connectivity index is 1.70. The lowest BCUT2D eigenvalue weighted by Crippen LogP contribution is -2.27. The van der Waals surface area contributed by atoms with Crippen molar-refractivity contribution in [1.29, 1.82) is 0 Å². The maximum atomic E-state index is 12.4. The molecule has 3 aromatic rings. The van der Waals surface area contributed by atoms with E-state index < -0.39 is 0 Å². The van der Waals surface area contributed by atoms with Crippen LogP contribution in [0.4, 0.5) is 0 Å². The zero-order valence-electron chi connectivity index (χ0n) is 15.2. The molecule has 1 amide bonds. The molecule has 4 heteroatoms. The normalized spacial score (nSPS) is 11.0. The van der Waals surface area contributed by atoms with Gasteiger partial charge in [0.25, 0.3) is 5.91 Å². The number of aryl methyl sites for hydroxylation is 3. The molecule has 0 unspecified atom stereocenters. The second-order valence-electron chi connectivity index (χ2n) is 6.49. The number of imidazole rings is 1. The fourth-order valence-electron chi connectivity index (χ4n) is 3.24. The average molecular weight is 335 g/mol. The first-order valence-electron chi connectivity index (χ1n) is 8.89. The maximum absolute atomic E-state index is 12.4. The van der Waals surface area contributed by atoms with Crippen LogP contribution in [0.15, 0.2) is 42.5 Å². The molecule has 2 aromatic carbocycles. The third kappa shape index (κ3) is 3.73. The number of fused-ring (bicyclic) bond motifs is 1. The molecule has 0 radical (unpaired) electrons. The molecule has 3 rings (SSSR count). The van der Waals surface area contributed by atoms with Crippen LogP contribution in [0, 0.1) is 13.8 Å². The number of rotatable bonds is 6. The van der Waals surface area contributed by atoms with Crippen molar-refractivity contribution in [2.24, 2.45) is 0 Å². The van der Waals surface area contributed by atoms with Crippen LogP contribution >= 0.6 is 0 Å². The van der Waals surface area contributed by atoms with E-state index in [0.29, 0.717) is 6.54 Å². The van der Waals surface area contributed by atoms with Gasteiger partial charge < -0.3 is 9.88 Å². The molecule has 1 N–H and O–H groups in total. The number of benzene rings is 2. The number of carbonyl (C=O) groups excluding carboxylic acids is 1. The predicted octanol–water partition coefficient (Wildman–Crippen LogP) is 4.04. The number of hydrogen-bond donors (Lipinski definition) is 1. The van der Waals surface area contributed by atoms with Crippen LogP contribution < -0.4 is 5.32 Å². The molecule has 25 heavy (non-hydrogen) atoms. The smallest absolute Gasteiger partial charge is 0.251 e. The van der Waals surface area contributed by atoms with Crippen LogP contribution in [-0.2, 0) is 13.0 Å². The predicted molar refractivity (Wildman–Crippen MR) is 102 cm³/mol. The van der Waals surface area contributed by atoms with E-state index in [-0.39, 0.29) is 5.91 Å². The van der Waals surface area contributed by atoms with Crippen molar-refractivity contribution in [2.45, 2.75) is 40.2 Å². The molecule has 0 aliphatic heterocycles. The van der Waals surface area contributed by atoms with Gasteiger partial charge in [0.1, 0.15) is 5.82 Å². The lowest BCUT2D eigenvalue weighted by atomic mass is 10.1. The minimum absolute atomic E-state index is 0.0179. The highest BCUT2D eigenvalue weighted by Gasteiger charge is 2.12.